The lowest BCUT2D eigenvalue weighted by Gasteiger charge is -2.36. The number of amides is 2. The van der Waals surface area contributed by atoms with E-state index in [1.807, 2.05) is 24.0 Å². The molecule has 0 spiro atoms. The number of carbonyl (C=O) groups is 2. The molecule has 0 radical (unpaired) electrons. The molecular formula is C20H29N3O3. The Morgan fingerprint density at radius 3 is 2.69 bits per heavy atom. The van der Waals surface area contributed by atoms with Gasteiger partial charge in [0.1, 0.15) is 5.75 Å². The predicted molar refractivity (Wildman–Crippen MR) is 100.0 cm³/mol. The quantitative estimate of drug-likeness (QED) is 0.869. The van der Waals surface area contributed by atoms with Gasteiger partial charge in [0.2, 0.25) is 11.8 Å². The Morgan fingerprint density at radius 2 is 2.00 bits per heavy atom. The summed E-state index contributed by atoms with van der Waals surface area (Å²) in [6, 6.07) is 5.69. The summed E-state index contributed by atoms with van der Waals surface area (Å²) in [6.07, 6.45) is 3.59. The van der Waals surface area contributed by atoms with Crippen molar-refractivity contribution in [1.29, 1.82) is 0 Å². The second-order valence-corrected chi connectivity index (χ2v) is 7.23. The van der Waals surface area contributed by atoms with E-state index in [0.717, 1.165) is 49.4 Å². The third kappa shape index (κ3) is 4.36. The summed E-state index contributed by atoms with van der Waals surface area (Å²) in [5.41, 5.74) is 2.21. The highest BCUT2D eigenvalue weighted by atomic mass is 16.5. The topological polar surface area (TPSA) is 61.9 Å². The third-order valence-corrected chi connectivity index (χ3v) is 5.36. The number of rotatable bonds is 5. The van der Waals surface area contributed by atoms with E-state index in [9.17, 15) is 9.59 Å². The number of nitrogens with zero attached hydrogens (tertiary/aromatic N) is 2. The fourth-order valence-electron chi connectivity index (χ4n) is 3.88. The van der Waals surface area contributed by atoms with Crippen LogP contribution in [-0.2, 0) is 16.1 Å². The second kappa shape index (κ2) is 8.54. The fraction of sp³-hybridized carbons (Fsp3) is 0.600. The molecule has 6 nitrogen and oxygen atoms in total. The smallest absolute Gasteiger partial charge is 0.237 e. The van der Waals surface area contributed by atoms with Crippen molar-refractivity contribution >= 4 is 11.8 Å². The average molecular weight is 359 g/mol. The SMILES string of the molecule is COc1ccc(CN2CCNC(=O)C2CC(=O)N2CCCCC2)cc1C. The minimum absolute atomic E-state index is 0.0353. The van der Waals surface area contributed by atoms with Crippen molar-refractivity contribution in [2.45, 2.75) is 45.2 Å². The van der Waals surface area contributed by atoms with Crippen LogP contribution >= 0.6 is 0 Å². The molecule has 1 atom stereocenters. The van der Waals surface area contributed by atoms with E-state index in [0.29, 0.717) is 13.1 Å². The first kappa shape index (κ1) is 18.7. The van der Waals surface area contributed by atoms with Gasteiger partial charge in [0.05, 0.1) is 19.6 Å². The van der Waals surface area contributed by atoms with Crippen LogP contribution in [0.5, 0.6) is 5.75 Å². The molecule has 1 aromatic carbocycles. The molecule has 2 fully saturated rings. The van der Waals surface area contributed by atoms with E-state index in [4.69, 9.17) is 4.74 Å². The molecule has 1 unspecified atom stereocenters. The van der Waals surface area contributed by atoms with Crippen molar-refractivity contribution in [2.24, 2.45) is 0 Å². The molecule has 3 rings (SSSR count). The molecule has 2 aliphatic heterocycles. The lowest BCUT2D eigenvalue weighted by Crippen LogP contribution is -2.56. The molecule has 0 saturated carbocycles. The molecule has 0 aliphatic carbocycles. The maximum Gasteiger partial charge on any atom is 0.237 e. The highest BCUT2D eigenvalue weighted by Gasteiger charge is 2.33. The Hall–Kier alpha value is -2.08. The van der Waals surface area contributed by atoms with Gasteiger partial charge in [-0.15, -0.1) is 0 Å². The van der Waals surface area contributed by atoms with Gasteiger partial charge in [-0.3, -0.25) is 14.5 Å². The largest absolute Gasteiger partial charge is 0.496 e. The van der Waals surface area contributed by atoms with Crippen molar-refractivity contribution in [3.05, 3.63) is 29.3 Å². The molecule has 2 heterocycles. The average Bonchev–Trinajstić information content (AvgIpc) is 2.65. The minimum Gasteiger partial charge on any atom is -0.496 e. The lowest BCUT2D eigenvalue weighted by atomic mass is 10.0. The summed E-state index contributed by atoms with van der Waals surface area (Å²) >= 11 is 0. The first-order valence-electron chi connectivity index (χ1n) is 9.51. The van der Waals surface area contributed by atoms with Crippen LogP contribution in [0.4, 0.5) is 0 Å². The summed E-state index contributed by atoms with van der Waals surface area (Å²) in [4.78, 5) is 29.1. The number of ether oxygens (including phenoxy) is 1. The van der Waals surface area contributed by atoms with Crippen LogP contribution in [-0.4, -0.2) is 60.9 Å². The van der Waals surface area contributed by atoms with Crippen LogP contribution in [0.1, 0.15) is 36.8 Å². The molecule has 2 saturated heterocycles. The molecule has 1 aromatic rings. The molecule has 0 aromatic heterocycles. The van der Waals surface area contributed by atoms with Gasteiger partial charge in [0.15, 0.2) is 0 Å². The van der Waals surface area contributed by atoms with E-state index in [1.54, 1.807) is 7.11 Å². The van der Waals surface area contributed by atoms with Crippen LogP contribution < -0.4 is 10.1 Å². The van der Waals surface area contributed by atoms with E-state index < -0.39 is 0 Å². The van der Waals surface area contributed by atoms with Gasteiger partial charge in [0.25, 0.3) is 0 Å². The van der Waals surface area contributed by atoms with Gasteiger partial charge in [-0.05, 0) is 43.4 Å². The van der Waals surface area contributed by atoms with Crippen LogP contribution in [0, 0.1) is 6.92 Å². The number of piperazine rings is 1. The maximum atomic E-state index is 12.7. The summed E-state index contributed by atoms with van der Waals surface area (Å²) < 4.78 is 5.32. The number of nitrogens with one attached hydrogen (secondary N) is 1. The first-order chi connectivity index (χ1) is 12.6. The van der Waals surface area contributed by atoms with E-state index >= 15 is 0 Å². The predicted octanol–water partition coefficient (Wildman–Crippen LogP) is 1.71. The highest BCUT2D eigenvalue weighted by molar-refractivity contribution is 5.88. The Balaban J connectivity index is 1.68. The zero-order chi connectivity index (χ0) is 18.5. The zero-order valence-electron chi connectivity index (χ0n) is 15.8. The molecule has 0 bridgehead atoms. The van der Waals surface area contributed by atoms with E-state index in [2.05, 4.69) is 16.3 Å². The number of aryl methyl sites for hydroxylation is 1. The Labute approximate surface area is 155 Å². The van der Waals surface area contributed by atoms with Crippen molar-refractivity contribution < 1.29 is 14.3 Å². The number of hydrogen-bond donors (Lipinski definition) is 1. The molecule has 1 N–H and O–H groups in total. The molecule has 6 heteroatoms. The van der Waals surface area contributed by atoms with Crippen molar-refractivity contribution in [3.8, 4) is 5.75 Å². The van der Waals surface area contributed by atoms with Gasteiger partial charge in [0, 0.05) is 32.7 Å². The third-order valence-electron chi connectivity index (χ3n) is 5.36. The first-order valence-corrected chi connectivity index (χ1v) is 9.51. The zero-order valence-corrected chi connectivity index (χ0v) is 15.8. The van der Waals surface area contributed by atoms with Crippen molar-refractivity contribution in [1.82, 2.24) is 15.1 Å². The van der Waals surface area contributed by atoms with E-state index in [1.165, 1.54) is 6.42 Å². The van der Waals surface area contributed by atoms with Crippen LogP contribution in [0.3, 0.4) is 0 Å². The summed E-state index contributed by atoms with van der Waals surface area (Å²) in [5.74, 6) is 0.927. The molecule has 2 amide bonds. The second-order valence-electron chi connectivity index (χ2n) is 7.23. The monoisotopic (exact) mass is 359 g/mol. The van der Waals surface area contributed by atoms with Gasteiger partial charge in [-0.25, -0.2) is 0 Å². The number of piperidine rings is 1. The fourth-order valence-corrected chi connectivity index (χ4v) is 3.88. The van der Waals surface area contributed by atoms with Gasteiger partial charge >= 0.3 is 0 Å². The Morgan fingerprint density at radius 1 is 1.23 bits per heavy atom. The summed E-state index contributed by atoms with van der Waals surface area (Å²) in [6.45, 7) is 5.71. The summed E-state index contributed by atoms with van der Waals surface area (Å²) in [7, 11) is 1.67. The molecule has 142 valence electrons. The van der Waals surface area contributed by atoms with Gasteiger partial charge in [-0.1, -0.05) is 12.1 Å². The van der Waals surface area contributed by atoms with Crippen LogP contribution in [0.15, 0.2) is 18.2 Å². The Kier molecular flexibility index (Phi) is 6.14. The number of carbonyl (C=O) groups excluding carboxylic acids is 2. The van der Waals surface area contributed by atoms with Crippen molar-refractivity contribution in [3.63, 3.8) is 0 Å². The van der Waals surface area contributed by atoms with Crippen LogP contribution in [0.25, 0.3) is 0 Å². The highest BCUT2D eigenvalue weighted by Crippen LogP contribution is 2.22. The molecule has 26 heavy (non-hydrogen) atoms. The number of methoxy groups -OCH3 is 1. The maximum absolute atomic E-state index is 12.7. The standard InChI is InChI=1S/C20H29N3O3/c1-15-12-16(6-7-18(15)26-2)14-23-11-8-21-20(25)17(23)13-19(24)22-9-4-3-5-10-22/h6-7,12,17H,3-5,8-11,13-14H2,1-2H3,(H,21,25). The Bertz CT molecular complexity index is 656. The lowest BCUT2D eigenvalue weighted by molar-refractivity contribution is -0.139. The number of benzene rings is 1. The van der Waals surface area contributed by atoms with E-state index in [-0.39, 0.29) is 24.3 Å². The normalized spacial score (nSPS) is 21.4. The van der Waals surface area contributed by atoms with Gasteiger partial charge in [-0.2, -0.15) is 0 Å². The number of likely N-dealkylation sites (tertiary alicyclic amines) is 1. The minimum atomic E-state index is -0.388. The summed E-state index contributed by atoms with van der Waals surface area (Å²) in [5, 5.41) is 2.91. The van der Waals surface area contributed by atoms with Gasteiger partial charge < -0.3 is 15.0 Å². The number of hydrogen-bond acceptors (Lipinski definition) is 4. The molecular weight excluding hydrogens is 330 g/mol. The van der Waals surface area contributed by atoms with Crippen LogP contribution in [0.2, 0.25) is 0 Å². The van der Waals surface area contributed by atoms with Crippen molar-refractivity contribution in [2.75, 3.05) is 33.3 Å². The molecule has 2 aliphatic rings.